The number of methoxy groups -OCH3 is 1. The Bertz CT molecular complexity index is 479. The zero-order valence-electron chi connectivity index (χ0n) is 16.2. The molecule has 1 aromatic rings. The first-order chi connectivity index (χ1) is 12.3. The maximum Gasteiger partial charge on any atom is 0.0575 e. The molecule has 0 amide bonds. The molecule has 2 heteroatoms. The second-order valence-corrected chi connectivity index (χ2v) is 8.18. The highest BCUT2D eigenvalue weighted by atomic mass is 16.5. The van der Waals surface area contributed by atoms with Gasteiger partial charge in [-0.1, -0.05) is 37.6 Å². The molecule has 0 radical (unpaired) electrons. The molecule has 140 valence electrons. The summed E-state index contributed by atoms with van der Waals surface area (Å²) in [6, 6.07) is 9.27. The largest absolute Gasteiger partial charge is 0.381 e. The number of hydrogen-bond donors (Lipinski definition) is 0. The van der Waals surface area contributed by atoms with Crippen molar-refractivity contribution in [2.75, 3.05) is 13.7 Å². The van der Waals surface area contributed by atoms with Crippen molar-refractivity contribution in [3.63, 3.8) is 0 Å². The smallest absolute Gasteiger partial charge is 0.0575 e. The molecule has 2 fully saturated rings. The zero-order chi connectivity index (χ0) is 17.5. The molecule has 2 unspecified atom stereocenters. The van der Waals surface area contributed by atoms with Crippen LogP contribution in [0.1, 0.15) is 81.8 Å². The van der Waals surface area contributed by atoms with Gasteiger partial charge in [-0.2, -0.15) is 0 Å². The Morgan fingerprint density at radius 1 is 0.960 bits per heavy atom. The lowest BCUT2D eigenvalue weighted by atomic mass is 9.83. The molecule has 2 nitrogen and oxygen atoms in total. The molecular formula is C23H36O2. The van der Waals surface area contributed by atoms with Crippen LogP contribution in [0.4, 0.5) is 0 Å². The van der Waals surface area contributed by atoms with E-state index in [2.05, 4.69) is 31.2 Å². The first kappa shape index (κ1) is 18.9. The Balaban J connectivity index is 1.37. The molecule has 1 aromatic carbocycles. The number of rotatable bonds is 7. The van der Waals surface area contributed by atoms with Gasteiger partial charge in [0.1, 0.15) is 0 Å². The van der Waals surface area contributed by atoms with E-state index in [0.29, 0.717) is 18.1 Å². The molecule has 2 atom stereocenters. The maximum atomic E-state index is 6.23. The van der Waals surface area contributed by atoms with Crippen LogP contribution in [0.15, 0.2) is 24.3 Å². The molecule has 1 aliphatic heterocycles. The fourth-order valence-corrected chi connectivity index (χ4v) is 4.62. The van der Waals surface area contributed by atoms with Gasteiger partial charge in [0.05, 0.1) is 18.8 Å². The molecule has 0 spiro atoms. The first-order valence-electron chi connectivity index (χ1n) is 10.5. The van der Waals surface area contributed by atoms with E-state index in [1.807, 2.05) is 7.11 Å². The standard InChI is InChI=1S/C23H36O2/c1-3-4-18-5-10-20(11-6-18)21-12-16-23(25-17-21)15-9-19-7-13-22(24-2)14-8-19/h5-6,10-11,19,21-23H,3-4,7-9,12-17H2,1-2H3. The third kappa shape index (κ3) is 5.56. The molecule has 0 aromatic heterocycles. The fourth-order valence-electron chi connectivity index (χ4n) is 4.62. The highest BCUT2D eigenvalue weighted by Crippen LogP contribution is 2.33. The van der Waals surface area contributed by atoms with Crippen molar-refractivity contribution in [2.24, 2.45) is 5.92 Å². The van der Waals surface area contributed by atoms with E-state index in [1.165, 1.54) is 75.3 Å². The van der Waals surface area contributed by atoms with E-state index >= 15 is 0 Å². The number of aryl methyl sites for hydroxylation is 1. The van der Waals surface area contributed by atoms with Crippen LogP contribution in [0.2, 0.25) is 0 Å². The normalized spacial score (nSPS) is 30.3. The predicted molar refractivity (Wildman–Crippen MR) is 104 cm³/mol. The Hall–Kier alpha value is -0.860. The van der Waals surface area contributed by atoms with Gasteiger partial charge in [0.25, 0.3) is 0 Å². The van der Waals surface area contributed by atoms with Gasteiger partial charge in [0, 0.05) is 13.0 Å². The molecule has 2 aliphatic rings. The minimum absolute atomic E-state index is 0.496. The third-order valence-corrected chi connectivity index (χ3v) is 6.38. The average Bonchev–Trinajstić information content (AvgIpc) is 2.68. The van der Waals surface area contributed by atoms with Crippen molar-refractivity contribution in [3.05, 3.63) is 35.4 Å². The van der Waals surface area contributed by atoms with Crippen molar-refractivity contribution in [3.8, 4) is 0 Å². The van der Waals surface area contributed by atoms with Crippen molar-refractivity contribution >= 4 is 0 Å². The summed E-state index contributed by atoms with van der Waals surface area (Å²) >= 11 is 0. The quantitative estimate of drug-likeness (QED) is 0.614. The van der Waals surface area contributed by atoms with Crippen LogP contribution < -0.4 is 0 Å². The van der Waals surface area contributed by atoms with E-state index < -0.39 is 0 Å². The number of hydrogen-bond acceptors (Lipinski definition) is 2. The maximum absolute atomic E-state index is 6.23. The summed E-state index contributed by atoms with van der Waals surface area (Å²) in [5.74, 6) is 1.50. The van der Waals surface area contributed by atoms with Gasteiger partial charge < -0.3 is 9.47 Å². The zero-order valence-corrected chi connectivity index (χ0v) is 16.2. The van der Waals surface area contributed by atoms with Crippen LogP contribution in [0, 0.1) is 5.92 Å². The number of benzene rings is 1. The average molecular weight is 345 g/mol. The molecular weight excluding hydrogens is 308 g/mol. The minimum Gasteiger partial charge on any atom is -0.381 e. The first-order valence-corrected chi connectivity index (χ1v) is 10.5. The highest BCUT2D eigenvalue weighted by molar-refractivity contribution is 5.26. The van der Waals surface area contributed by atoms with Crippen LogP contribution in [0.25, 0.3) is 0 Å². The van der Waals surface area contributed by atoms with Gasteiger partial charge in [-0.3, -0.25) is 0 Å². The lowest BCUT2D eigenvalue weighted by Crippen LogP contribution is -2.26. The van der Waals surface area contributed by atoms with Crippen LogP contribution in [0.5, 0.6) is 0 Å². The molecule has 3 rings (SSSR count). The second-order valence-electron chi connectivity index (χ2n) is 8.18. The molecule has 1 saturated carbocycles. The Morgan fingerprint density at radius 3 is 2.32 bits per heavy atom. The van der Waals surface area contributed by atoms with E-state index in [4.69, 9.17) is 9.47 Å². The van der Waals surface area contributed by atoms with Crippen LogP contribution >= 0.6 is 0 Å². The SMILES string of the molecule is CCCc1ccc(C2CCC(CCC3CCC(OC)CC3)OC2)cc1. The summed E-state index contributed by atoms with van der Waals surface area (Å²) in [6.07, 6.45) is 13.7. The van der Waals surface area contributed by atoms with E-state index in [1.54, 1.807) is 0 Å². The van der Waals surface area contributed by atoms with E-state index in [9.17, 15) is 0 Å². The lowest BCUT2D eigenvalue weighted by molar-refractivity contribution is -0.00725. The lowest BCUT2D eigenvalue weighted by Gasteiger charge is -2.32. The minimum atomic E-state index is 0.496. The van der Waals surface area contributed by atoms with Gasteiger partial charge in [-0.05, 0) is 74.8 Å². The van der Waals surface area contributed by atoms with E-state index in [0.717, 1.165) is 12.5 Å². The van der Waals surface area contributed by atoms with E-state index in [-0.39, 0.29) is 0 Å². The summed E-state index contributed by atoms with van der Waals surface area (Å²) in [6.45, 7) is 3.15. The molecule has 1 heterocycles. The summed E-state index contributed by atoms with van der Waals surface area (Å²) in [5, 5.41) is 0. The van der Waals surface area contributed by atoms with Gasteiger partial charge >= 0.3 is 0 Å². The summed E-state index contributed by atoms with van der Waals surface area (Å²) in [5.41, 5.74) is 2.93. The van der Waals surface area contributed by atoms with Crippen LogP contribution in [0.3, 0.4) is 0 Å². The third-order valence-electron chi connectivity index (χ3n) is 6.38. The van der Waals surface area contributed by atoms with Gasteiger partial charge in [-0.15, -0.1) is 0 Å². The fraction of sp³-hybridized carbons (Fsp3) is 0.739. The Labute approximate surface area is 154 Å². The Morgan fingerprint density at radius 2 is 1.72 bits per heavy atom. The molecule has 1 saturated heterocycles. The molecule has 1 aliphatic carbocycles. The van der Waals surface area contributed by atoms with Crippen molar-refractivity contribution < 1.29 is 9.47 Å². The predicted octanol–water partition coefficient (Wildman–Crippen LogP) is 5.89. The molecule has 25 heavy (non-hydrogen) atoms. The highest BCUT2D eigenvalue weighted by Gasteiger charge is 2.25. The monoisotopic (exact) mass is 344 g/mol. The van der Waals surface area contributed by atoms with Crippen molar-refractivity contribution in [1.82, 2.24) is 0 Å². The molecule has 0 bridgehead atoms. The van der Waals surface area contributed by atoms with Crippen molar-refractivity contribution in [2.45, 2.75) is 89.3 Å². The van der Waals surface area contributed by atoms with Crippen LogP contribution in [-0.4, -0.2) is 25.9 Å². The van der Waals surface area contributed by atoms with Crippen LogP contribution in [-0.2, 0) is 15.9 Å². The van der Waals surface area contributed by atoms with Gasteiger partial charge in [0.15, 0.2) is 0 Å². The number of ether oxygens (including phenoxy) is 2. The summed E-state index contributed by atoms with van der Waals surface area (Å²) < 4.78 is 11.7. The summed E-state index contributed by atoms with van der Waals surface area (Å²) in [4.78, 5) is 0. The van der Waals surface area contributed by atoms with Gasteiger partial charge in [0.2, 0.25) is 0 Å². The summed E-state index contributed by atoms with van der Waals surface area (Å²) in [7, 11) is 1.86. The van der Waals surface area contributed by atoms with Gasteiger partial charge in [-0.25, -0.2) is 0 Å². The second kappa shape index (κ2) is 9.73. The van der Waals surface area contributed by atoms with Crippen molar-refractivity contribution in [1.29, 1.82) is 0 Å². The topological polar surface area (TPSA) is 18.5 Å². The Kier molecular flexibility index (Phi) is 7.36. The molecule has 0 N–H and O–H groups in total.